The molecule has 0 saturated carbocycles. The van der Waals surface area contributed by atoms with Crippen LogP contribution >= 0.6 is 0 Å². The van der Waals surface area contributed by atoms with Crippen LogP contribution in [0.2, 0.25) is 0 Å². The Kier molecular flexibility index (Phi) is 8.49. The van der Waals surface area contributed by atoms with Crippen LogP contribution in [0.5, 0.6) is 0 Å². The zero-order valence-corrected chi connectivity index (χ0v) is 25.6. The number of nitriles is 1. The maximum atomic E-state index is 13.6. The Hall–Kier alpha value is -4.33. The summed E-state index contributed by atoms with van der Waals surface area (Å²) in [5.41, 5.74) is 2.79. The van der Waals surface area contributed by atoms with Crippen LogP contribution in [0.4, 0.5) is 0 Å². The molecule has 43 heavy (non-hydrogen) atoms. The Balaban J connectivity index is 1.66. The molecular weight excluding hydrogens is 562 g/mol. The number of para-hydroxylation sites is 1. The normalized spacial score (nSPS) is 19.4. The van der Waals surface area contributed by atoms with Crippen LogP contribution in [0.1, 0.15) is 46.1 Å². The minimum Gasteiger partial charge on any atom is -0.273 e. The van der Waals surface area contributed by atoms with Crippen molar-refractivity contribution in [2.75, 3.05) is 19.6 Å². The van der Waals surface area contributed by atoms with Crippen LogP contribution in [-0.2, 0) is 19.6 Å². The molecule has 9 nitrogen and oxygen atoms in total. The number of rotatable bonds is 7. The van der Waals surface area contributed by atoms with Gasteiger partial charge in [0.1, 0.15) is 17.3 Å². The zero-order chi connectivity index (χ0) is 30.9. The maximum Gasteiger partial charge on any atom is 0.271 e. The predicted molar refractivity (Wildman–Crippen MR) is 164 cm³/mol. The standard InChI is InChI=1S/C33H35N5O4S/c1-22(2)19-37-32(39)29(24(4)30(18-34)33(37)40)17-26-21-38(27-12-6-5-7-13-27)35-31(26)25-11-8-14-28(16-25)43(41,42)36-15-9-10-23(3)20-36/h5-8,11-14,16-17,21-23H,9-10,15,19-20H2,1-4H3/b29-17+. The minimum atomic E-state index is -3.72. The molecule has 3 heterocycles. The average molecular weight is 598 g/mol. The van der Waals surface area contributed by atoms with E-state index >= 15 is 0 Å². The number of carbonyl (C=O) groups is 2. The first-order chi connectivity index (χ1) is 20.5. The van der Waals surface area contributed by atoms with E-state index in [1.807, 2.05) is 50.2 Å². The summed E-state index contributed by atoms with van der Waals surface area (Å²) in [6.45, 7) is 8.60. The van der Waals surface area contributed by atoms with Crippen molar-refractivity contribution in [1.82, 2.24) is 19.0 Å². The van der Waals surface area contributed by atoms with Gasteiger partial charge in [0.15, 0.2) is 0 Å². The van der Waals surface area contributed by atoms with Crippen molar-refractivity contribution in [1.29, 1.82) is 5.26 Å². The highest BCUT2D eigenvalue weighted by Gasteiger charge is 2.36. The lowest BCUT2D eigenvalue weighted by Gasteiger charge is -2.30. The van der Waals surface area contributed by atoms with Gasteiger partial charge >= 0.3 is 0 Å². The highest BCUT2D eigenvalue weighted by Crippen LogP contribution is 2.33. The number of piperidine rings is 1. The third kappa shape index (κ3) is 5.96. The van der Waals surface area contributed by atoms with Gasteiger partial charge in [-0.05, 0) is 67.5 Å². The van der Waals surface area contributed by atoms with Crippen LogP contribution in [0.3, 0.4) is 0 Å². The predicted octanol–water partition coefficient (Wildman–Crippen LogP) is 5.21. The van der Waals surface area contributed by atoms with Gasteiger partial charge in [-0.1, -0.05) is 51.1 Å². The van der Waals surface area contributed by atoms with Crippen molar-refractivity contribution in [3.05, 3.63) is 83.1 Å². The fraction of sp³-hybridized carbons (Fsp3) is 0.333. The van der Waals surface area contributed by atoms with Crippen LogP contribution < -0.4 is 0 Å². The molecule has 0 aliphatic carbocycles. The van der Waals surface area contributed by atoms with Crippen molar-refractivity contribution in [2.45, 2.75) is 45.4 Å². The van der Waals surface area contributed by atoms with E-state index in [1.165, 1.54) is 0 Å². The lowest BCUT2D eigenvalue weighted by Crippen LogP contribution is -2.44. The van der Waals surface area contributed by atoms with E-state index in [4.69, 9.17) is 5.10 Å². The number of hydrogen-bond acceptors (Lipinski definition) is 6. The second-order valence-corrected chi connectivity index (χ2v) is 13.6. The summed E-state index contributed by atoms with van der Waals surface area (Å²) >= 11 is 0. The number of hydrogen-bond donors (Lipinski definition) is 0. The summed E-state index contributed by atoms with van der Waals surface area (Å²) in [4.78, 5) is 27.9. The lowest BCUT2D eigenvalue weighted by molar-refractivity contribution is -0.141. The summed E-state index contributed by atoms with van der Waals surface area (Å²) in [6.07, 6.45) is 5.23. The number of nitrogens with zero attached hydrogens (tertiary/aromatic N) is 5. The summed E-state index contributed by atoms with van der Waals surface area (Å²) < 4.78 is 30.5. The van der Waals surface area contributed by atoms with Gasteiger partial charge in [-0.25, -0.2) is 13.1 Å². The molecule has 1 fully saturated rings. The molecule has 2 aliphatic heterocycles. The van der Waals surface area contributed by atoms with Crippen molar-refractivity contribution in [3.63, 3.8) is 0 Å². The highest BCUT2D eigenvalue weighted by atomic mass is 32.2. The largest absolute Gasteiger partial charge is 0.273 e. The Morgan fingerprint density at radius 1 is 1.09 bits per heavy atom. The molecule has 0 spiro atoms. The van der Waals surface area contributed by atoms with Crippen molar-refractivity contribution in [2.24, 2.45) is 11.8 Å². The van der Waals surface area contributed by atoms with E-state index in [0.717, 1.165) is 23.4 Å². The smallest absolute Gasteiger partial charge is 0.271 e. The number of imide groups is 1. The summed E-state index contributed by atoms with van der Waals surface area (Å²) in [6, 6.07) is 18.1. The first-order valence-electron chi connectivity index (χ1n) is 14.5. The van der Waals surface area contributed by atoms with Gasteiger partial charge < -0.3 is 0 Å². The summed E-state index contributed by atoms with van der Waals surface area (Å²) in [5.74, 6) is -0.780. The van der Waals surface area contributed by atoms with Crippen molar-refractivity contribution in [3.8, 4) is 23.0 Å². The van der Waals surface area contributed by atoms with E-state index in [2.05, 4.69) is 6.92 Å². The van der Waals surface area contributed by atoms with Gasteiger partial charge in [0.05, 0.1) is 10.6 Å². The molecule has 2 aromatic carbocycles. The Morgan fingerprint density at radius 3 is 2.51 bits per heavy atom. The van der Waals surface area contributed by atoms with E-state index in [1.54, 1.807) is 52.4 Å². The molecule has 1 atom stereocenters. The molecule has 1 aromatic heterocycles. The van der Waals surface area contributed by atoms with E-state index in [9.17, 15) is 23.3 Å². The van der Waals surface area contributed by atoms with Crippen LogP contribution in [-0.4, -0.2) is 58.9 Å². The van der Waals surface area contributed by atoms with Crippen molar-refractivity contribution < 1.29 is 18.0 Å². The first-order valence-corrected chi connectivity index (χ1v) is 15.9. The number of benzene rings is 2. The molecule has 0 bridgehead atoms. The number of aromatic nitrogens is 2. The molecule has 0 radical (unpaired) electrons. The topological polar surface area (TPSA) is 116 Å². The lowest BCUT2D eigenvalue weighted by atomic mass is 9.92. The molecule has 5 rings (SSSR count). The number of amides is 2. The first kappa shape index (κ1) is 30.1. The number of carbonyl (C=O) groups excluding carboxylic acids is 2. The second-order valence-electron chi connectivity index (χ2n) is 11.6. The third-order valence-electron chi connectivity index (χ3n) is 7.80. The maximum absolute atomic E-state index is 13.6. The Morgan fingerprint density at radius 2 is 1.84 bits per heavy atom. The summed E-state index contributed by atoms with van der Waals surface area (Å²) in [7, 11) is -3.72. The van der Waals surface area contributed by atoms with Crippen LogP contribution in [0, 0.1) is 23.2 Å². The quantitative estimate of drug-likeness (QED) is 0.273. The molecule has 3 aromatic rings. The van der Waals surface area contributed by atoms with E-state index < -0.39 is 21.8 Å². The second kappa shape index (κ2) is 12.1. The number of sulfonamides is 1. The average Bonchev–Trinajstić information content (AvgIpc) is 3.42. The molecule has 0 N–H and O–H groups in total. The van der Waals surface area contributed by atoms with Gasteiger partial charge in [0.2, 0.25) is 10.0 Å². The molecule has 2 aliphatic rings. The van der Waals surface area contributed by atoms with Crippen molar-refractivity contribution >= 4 is 27.9 Å². The Labute approximate surface area is 252 Å². The highest BCUT2D eigenvalue weighted by molar-refractivity contribution is 7.89. The molecular formula is C33H35N5O4S. The minimum absolute atomic E-state index is 0.0106. The SMILES string of the molecule is CC1=C(C#N)C(=O)N(CC(C)C)C(=O)/C1=C/c1cn(-c2ccccc2)nc1-c1cccc(S(=O)(=O)N2CCCC(C)C2)c1. The third-order valence-corrected chi connectivity index (χ3v) is 9.66. The van der Waals surface area contributed by atoms with E-state index in [-0.39, 0.29) is 34.4 Å². The molecule has 1 unspecified atom stereocenters. The fourth-order valence-electron chi connectivity index (χ4n) is 5.56. The van der Waals surface area contributed by atoms with Gasteiger partial charge in [0.25, 0.3) is 11.8 Å². The van der Waals surface area contributed by atoms with Gasteiger partial charge in [-0.2, -0.15) is 14.7 Å². The molecule has 222 valence electrons. The fourth-order valence-corrected chi connectivity index (χ4v) is 7.21. The van der Waals surface area contributed by atoms with Gasteiger partial charge in [-0.15, -0.1) is 0 Å². The van der Waals surface area contributed by atoms with Gasteiger partial charge in [-0.3, -0.25) is 14.5 Å². The van der Waals surface area contributed by atoms with Gasteiger partial charge in [0, 0.05) is 42.5 Å². The zero-order valence-electron chi connectivity index (χ0n) is 24.8. The van der Waals surface area contributed by atoms with Crippen LogP contribution in [0.25, 0.3) is 23.0 Å². The Bertz CT molecular complexity index is 1780. The molecule has 2 amide bonds. The van der Waals surface area contributed by atoms with Crippen LogP contribution in [0.15, 0.2) is 82.4 Å². The summed E-state index contributed by atoms with van der Waals surface area (Å²) in [5, 5.41) is 14.6. The van der Waals surface area contributed by atoms with E-state index in [0.29, 0.717) is 35.5 Å². The monoisotopic (exact) mass is 597 g/mol. The molecule has 10 heteroatoms. The molecule has 1 saturated heterocycles.